The van der Waals surface area contributed by atoms with Crippen LogP contribution in [0.5, 0.6) is 5.75 Å². The zero-order valence-electron chi connectivity index (χ0n) is 16.2. The van der Waals surface area contributed by atoms with Crippen LogP contribution in [0.1, 0.15) is 17.5 Å². The number of benzene rings is 3. The minimum Gasteiger partial charge on any atom is -0.508 e. The SMILES string of the molecule is Cc1ccc(NC(=O)CCc2ccccc2O)cc1S(=O)(=O)Nc1cccc(Cl)c1. The molecule has 0 spiro atoms. The third kappa shape index (κ3) is 5.52. The number of phenols is 1. The molecule has 0 saturated heterocycles. The second-order valence-corrected chi connectivity index (χ2v) is 8.86. The summed E-state index contributed by atoms with van der Waals surface area (Å²) in [6.07, 6.45) is 0.514. The molecule has 8 heteroatoms. The lowest BCUT2D eigenvalue weighted by molar-refractivity contribution is -0.116. The zero-order chi connectivity index (χ0) is 21.7. The molecule has 0 unspecified atom stereocenters. The average Bonchev–Trinajstić information content (AvgIpc) is 2.68. The van der Waals surface area contributed by atoms with Gasteiger partial charge in [0.2, 0.25) is 5.91 Å². The highest BCUT2D eigenvalue weighted by Crippen LogP contribution is 2.25. The fraction of sp³-hybridized carbons (Fsp3) is 0.136. The fourth-order valence-corrected chi connectivity index (χ4v) is 4.43. The highest BCUT2D eigenvalue weighted by Gasteiger charge is 2.18. The number of halogens is 1. The van der Waals surface area contributed by atoms with Crippen molar-refractivity contribution in [3.8, 4) is 5.75 Å². The average molecular weight is 445 g/mol. The molecule has 3 aromatic rings. The summed E-state index contributed by atoms with van der Waals surface area (Å²) in [5, 5.41) is 12.9. The van der Waals surface area contributed by atoms with Gasteiger partial charge < -0.3 is 10.4 Å². The summed E-state index contributed by atoms with van der Waals surface area (Å²) in [6.45, 7) is 1.68. The van der Waals surface area contributed by atoms with Gasteiger partial charge in [0.1, 0.15) is 5.75 Å². The standard InChI is InChI=1S/C22H21ClN2O4S/c1-15-9-11-18(24-22(27)12-10-16-5-2-3-8-20(16)26)14-21(15)30(28,29)25-19-7-4-6-17(23)13-19/h2-9,11,13-14,25-26H,10,12H2,1H3,(H,24,27). The second-order valence-electron chi connectivity index (χ2n) is 6.77. The van der Waals surface area contributed by atoms with Crippen LogP contribution < -0.4 is 10.0 Å². The Hall–Kier alpha value is -3.03. The van der Waals surface area contributed by atoms with Gasteiger partial charge in [0, 0.05) is 17.1 Å². The second kappa shape index (κ2) is 9.19. The van der Waals surface area contributed by atoms with Gasteiger partial charge in [0.15, 0.2) is 0 Å². The Morgan fingerprint density at radius 3 is 2.50 bits per heavy atom. The number of carbonyl (C=O) groups excluding carboxylic acids is 1. The van der Waals surface area contributed by atoms with Gasteiger partial charge in [-0.2, -0.15) is 0 Å². The summed E-state index contributed by atoms with van der Waals surface area (Å²) in [4.78, 5) is 12.4. The molecule has 0 aromatic heterocycles. The van der Waals surface area contributed by atoms with E-state index >= 15 is 0 Å². The van der Waals surface area contributed by atoms with Crippen molar-refractivity contribution in [2.24, 2.45) is 0 Å². The van der Waals surface area contributed by atoms with Crippen molar-refractivity contribution in [3.63, 3.8) is 0 Å². The van der Waals surface area contributed by atoms with E-state index in [-0.39, 0.29) is 23.0 Å². The van der Waals surface area contributed by atoms with E-state index in [0.717, 1.165) is 0 Å². The van der Waals surface area contributed by atoms with Crippen molar-refractivity contribution in [1.29, 1.82) is 0 Å². The first-order valence-electron chi connectivity index (χ1n) is 9.20. The molecular formula is C22H21ClN2O4S. The van der Waals surface area contributed by atoms with Crippen molar-refractivity contribution in [2.75, 3.05) is 10.0 Å². The molecule has 30 heavy (non-hydrogen) atoms. The van der Waals surface area contributed by atoms with Gasteiger partial charge in [-0.1, -0.05) is 41.9 Å². The number of hydrogen-bond donors (Lipinski definition) is 3. The summed E-state index contributed by atoms with van der Waals surface area (Å²) < 4.78 is 28.1. The first-order chi connectivity index (χ1) is 14.2. The van der Waals surface area contributed by atoms with Crippen molar-refractivity contribution in [2.45, 2.75) is 24.7 Å². The minimum absolute atomic E-state index is 0.0565. The van der Waals surface area contributed by atoms with Crippen LogP contribution in [-0.2, 0) is 21.2 Å². The zero-order valence-corrected chi connectivity index (χ0v) is 17.8. The summed E-state index contributed by atoms with van der Waals surface area (Å²) in [7, 11) is -3.87. The number of rotatable bonds is 7. The van der Waals surface area contributed by atoms with Crippen LogP contribution in [0, 0.1) is 6.92 Å². The van der Waals surface area contributed by atoms with Gasteiger partial charge in [-0.05, 0) is 60.9 Å². The third-order valence-corrected chi connectivity index (χ3v) is 6.21. The molecule has 3 aromatic carbocycles. The van der Waals surface area contributed by atoms with Crippen LogP contribution >= 0.6 is 11.6 Å². The predicted molar refractivity (Wildman–Crippen MR) is 118 cm³/mol. The molecule has 0 saturated carbocycles. The monoisotopic (exact) mass is 444 g/mol. The smallest absolute Gasteiger partial charge is 0.262 e. The molecule has 1 amide bonds. The van der Waals surface area contributed by atoms with Gasteiger partial charge in [0.25, 0.3) is 10.0 Å². The maximum Gasteiger partial charge on any atom is 0.262 e. The predicted octanol–water partition coefficient (Wildman–Crippen LogP) is 4.73. The third-order valence-electron chi connectivity index (χ3n) is 4.45. The van der Waals surface area contributed by atoms with E-state index in [9.17, 15) is 18.3 Å². The van der Waals surface area contributed by atoms with E-state index in [1.54, 1.807) is 61.5 Å². The Kier molecular flexibility index (Phi) is 6.64. The lowest BCUT2D eigenvalue weighted by atomic mass is 10.1. The summed E-state index contributed by atoms with van der Waals surface area (Å²) in [5.41, 5.74) is 1.93. The van der Waals surface area contributed by atoms with Gasteiger partial charge in [-0.25, -0.2) is 8.42 Å². The quantitative estimate of drug-likeness (QED) is 0.491. The molecule has 0 fully saturated rings. The largest absolute Gasteiger partial charge is 0.508 e. The van der Waals surface area contributed by atoms with Crippen LogP contribution in [0.3, 0.4) is 0 Å². The highest BCUT2D eigenvalue weighted by molar-refractivity contribution is 7.92. The Balaban J connectivity index is 1.72. The van der Waals surface area contributed by atoms with E-state index in [0.29, 0.717) is 33.9 Å². The number of aryl methyl sites for hydroxylation is 2. The first-order valence-corrected chi connectivity index (χ1v) is 11.1. The lowest BCUT2D eigenvalue weighted by Crippen LogP contribution is -2.16. The maximum atomic E-state index is 12.8. The molecule has 0 bridgehead atoms. The van der Waals surface area contributed by atoms with E-state index in [2.05, 4.69) is 10.0 Å². The lowest BCUT2D eigenvalue weighted by Gasteiger charge is -2.13. The van der Waals surface area contributed by atoms with E-state index < -0.39 is 10.0 Å². The van der Waals surface area contributed by atoms with Crippen LogP contribution in [0.2, 0.25) is 5.02 Å². The van der Waals surface area contributed by atoms with Crippen LogP contribution in [0.25, 0.3) is 0 Å². The minimum atomic E-state index is -3.87. The maximum absolute atomic E-state index is 12.8. The van der Waals surface area contributed by atoms with Gasteiger partial charge in [0.05, 0.1) is 10.6 Å². The van der Waals surface area contributed by atoms with Gasteiger partial charge in [-0.15, -0.1) is 0 Å². The Morgan fingerprint density at radius 1 is 1.00 bits per heavy atom. The summed E-state index contributed by atoms with van der Waals surface area (Å²) >= 11 is 5.92. The van der Waals surface area contributed by atoms with E-state index in [4.69, 9.17) is 11.6 Å². The summed E-state index contributed by atoms with van der Waals surface area (Å²) in [6, 6.07) is 17.9. The van der Waals surface area contributed by atoms with Gasteiger partial charge >= 0.3 is 0 Å². The number of aromatic hydroxyl groups is 1. The number of carbonyl (C=O) groups is 1. The molecule has 0 aliphatic heterocycles. The van der Waals surface area contributed by atoms with Crippen molar-refractivity contribution >= 4 is 38.9 Å². The Labute approximate surface area is 180 Å². The van der Waals surface area contributed by atoms with Crippen LogP contribution in [-0.4, -0.2) is 19.4 Å². The molecule has 3 rings (SSSR count). The van der Waals surface area contributed by atoms with Crippen LogP contribution in [0.4, 0.5) is 11.4 Å². The summed E-state index contributed by atoms with van der Waals surface area (Å²) in [5.74, 6) is -0.144. The van der Waals surface area contributed by atoms with Crippen molar-refractivity contribution in [3.05, 3.63) is 82.9 Å². The Bertz CT molecular complexity index is 1180. The molecular weight excluding hydrogens is 424 g/mol. The number of sulfonamides is 1. The highest BCUT2D eigenvalue weighted by atomic mass is 35.5. The molecule has 0 heterocycles. The molecule has 0 radical (unpaired) electrons. The number of hydrogen-bond acceptors (Lipinski definition) is 4. The van der Waals surface area contributed by atoms with E-state index in [1.165, 1.54) is 12.1 Å². The topological polar surface area (TPSA) is 95.5 Å². The number of anilines is 2. The fourth-order valence-electron chi connectivity index (χ4n) is 2.92. The molecule has 156 valence electrons. The number of para-hydroxylation sites is 1. The van der Waals surface area contributed by atoms with Crippen LogP contribution in [0.15, 0.2) is 71.6 Å². The van der Waals surface area contributed by atoms with Crippen molar-refractivity contribution in [1.82, 2.24) is 0 Å². The normalized spacial score (nSPS) is 11.1. The number of nitrogens with one attached hydrogen (secondary N) is 2. The molecule has 0 atom stereocenters. The van der Waals surface area contributed by atoms with E-state index in [1.807, 2.05) is 0 Å². The molecule has 0 aliphatic carbocycles. The molecule has 3 N–H and O–H groups in total. The first kappa shape index (κ1) is 21.7. The van der Waals surface area contributed by atoms with Gasteiger partial charge in [-0.3, -0.25) is 9.52 Å². The Morgan fingerprint density at radius 2 is 1.77 bits per heavy atom. The number of phenolic OH excluding ortho intramolecular Hbond substituents is 1. The molecule has 0 aliphatic rings. The van der Waals surface area contributed by atoms with Crippen molar-refractivity contribution < 1.29 is 18.3 Å². The number of amides is 1. The molecule has 6 nitrogen and oxygen atoms in total.